The molecular formula is C20H31NO4S. The second-order valence-corrected chi connectivity index (χ2v) is 10.3. The number of carbonyl (C=O) groups is 1. The van der Waals surface area contributed by atoms with E-state index in [0.29, 0.717) is 32.4 Å². The second kappa shape index (κ2) is 8.53. The summed E-state index contributed by atoms with van der Waals surface area (Å²) in [5.41, 5.74) is 2.50. The maximum absolute atomic E-state index is 12.7. The molecule has 146 valence electrons. The van der Waals surface area contributed by atoms with Gasteiger partial charge in [0.15, 0.2) is 9.84 Å². The normalized spacial score (nSPS) is 19.5. The number of sulfone groups is 1. The fourth-order valence-corrected chi connectivity index (χ4v) is 5.02. The first-order valence-electron chi connectivity index (χ1n) is 9.20. The molecule has 1 aliphatic heterocycles. The Morgan fingerprint density at radius 1 is 1.23 bits per heavy atom. The first kappa shape index (κ1) is 20.9. The lowest BCUT2D eigenvalue weighted by Crippen LogP contribution is -2.43. The standard InChI is InChI=1S/C20H31NO4S/c1-20(2,3)17-8-5-16(6-9-17)7-10-19(22)21(12-13-25-4)18-11-14-26(23,24)15-18/h5-6,8-9,18H,7,10-15H2,1-4H3. The number of benzene rings is 1. The third-order valence-electron chi connectivity index (χ3n) is 4.95. The van der Waals surface area contributed by atoms with Crippen LogP contribution in [-0.2, 0) is 31.2 Å². The van der Waals surface area contributed by atoms with Crippen LogP contribution in [0, 0.1) is 0 Å². The molecule has 26 heavy (non-hydrogen) atoms. The van der Waals surface area contributed by atoms with Crippen LogP contribution in [0.25, 0.3) is 0 Å². The number of methoxy groups -OCH3 is 1. The van der Waals surface area contributed by atoms with Gasteiger partial charge in [0.1, 0.15) is 0 Å². The van der Waals surface area contributed by atoms with Gasteiger partial charge in [-0.1, -0.05) is 45.0 Å². The van der Waals surface area contributed by atoms with Crippen LogP contribution in [0.15, 0.2) is 24.3 Å². The lowest BCUT2D eigenvalue weighted by Gasteiger charge is -2.28. The number of carbonyl (C=O) groups excluding carboxylic acids is 1. The third-order valence-corrected chi connectivity index (χ3v) is 6.70. The van der Waals surface area contributed by atoms with E-state index in [-0.39, 0.29) is 28.9 Å². The Morgan fingerprint density at radius 3 is 2.38 bits per heavy atom. The Hall–Kier alpha value is -1.40. The van der Waals surface area contributed by atoms with Crippen LogP contribution in [0.2, 0.25) is 0 Å². The number of amides is 1. The Kier molecular flexibility index (Phi) is 6.86. The molecular weight excluding hydrogens is 350 g/mol. The van der Waals surface area contributed by atoms with Gasteiger partial charge in [0.05, 0.1) is 18.1 Å². The van der Waals surface area contributed by atoms with E-state index < -0.39 is 9.84 Å². The van der Waals surface area contributed by atoms with Crippen molar-refractivity contribution in [3.63, 3.8) is 0 Å². The van der Waals surface area contributed by atoms with Gasteiger partial charge in [0.25, 0.3) is 0 Å². The van der Waals surface area contributed by atoms with Gasteiger partial charge in [-0.15, -0.1) is 0 Å². The molecule has 1 unspecified atom stereocenters. The van der Waals surface area contributed by atoms with E-state index in [0.717, 1.165) is 5.56 Å². The topological polar surface area (TPSA) is 63.7 Å². The van der Waals surface area contributed by atoms with Crippen molar-refractivity contribution in [2.75, 3.05) is 31.8 Å². The SMILES string of the molecule is COCCN(C(=O)CCc1ccc(C(C)(C)C)cc1)C1CCS(=O)(=O)C1. The van der Waals surface area contributed by atoms with E-state index in [1.807, 2.05) is 0 Å². The summed E-state index contributed by atoms with van der Waals surface area (Å²) >= 11 is 0. The molecule has 0 saturated carbocycles. The van der Waals surface area contributed by atoms with Crippen molar-refractivity contribution < 1.29 is 17.9 Å². The van der Waals surface area contributed by atoms with Crippen LogP contribution in [0.3, 0.4) is 0 Å². The summed E-state index contributed by atoms with van der Waals surface area (Å²) in [6.45, 7) is 7.39. The smallest absolute Gasteiger partial charge is 0.223 e. The van der Waals surface area contributed by atoms with Crippen LogP contribution < -0.4 is 0 Å². The molecule has 0 radical (unpaired) electrons. The van der Waals surface area contributed by atoms with Crippen molar-refractivity contribution >= 4 is 15.7 Å². The highest BCUT2D eigenvalue weighted by atomic mass is 32.2. The Bertz CT molecular complexity index is 704. The minimum Gasteiger partial charge on any atom is -0.383 e. The van der Waals surface area contributed by atoms with Gasteiger partial charge >= 0.3 is 0 Å². The molecule has 0 aromatic heterocycles. The fourth-order valence-electron chi connectivity index (χ4n) is 3.29. The van der Waals surface area contributed by atoms with Crippen LogP contribution in [-0.4, -0.2) is 57.0 Å². The van der Waals surface area contributed by atoms with Crippen molar-refractivity contribution in [3.8, 4) is 0 Å². The number of rotatable bonds is 7. The predicted octanol–water partition coefficient (Wildman–Crippen LogP) is 2.58. The van der Waals surface area contributed by atoms with Crippen molar-refractivity contribution in [3.05, 3.63) is 35.4 Å². The molecule has 2 rings (SSSR count). The Balaban J connectivity index is 1.98. The lowest BCUT2D eigenvalue weighted by atomic mass is 9.86. The number of ether oxygens (including phenoxy) is 1. The highest BCUT2D eigenvalue weighted by Crippen LogP contribution is 2.23. The molecule has 0 spiro atoms. The van der Waals surface area contributed by atoms with E-state index in [9.17, 15) is 13.2 Å². The second-order valence-electron chi connectivity index (χ2n) is 8.08. The Labute approximate surface area is 157 Å². The number of aryl methyl sites for hydroxylation is 1. The average molecular weight is 382 g/mol. The first-order valence-corrected chi connectivity index (χ1v) is 11.0. The van der Waals surface area contributed by atoms with Crippen molar-refractivity contribution in [2.45, 2.75) is 51.5 Å². The van der Waals surface area contributed by atoms with Gasteiger partial charge in [-0.05, 0) is 29.4 Å². The molecule has 0 N–H and O–H groups in total. The zero-order chi connectivity index (χ0) is 19.4. The van der Waals surface area contributed by atoms with Crippen LogP contribution >= 0.6 is 0 Å². The zero-order valence-corrected chi connectivity index (χ0v) is 17.1. The van der Waals surface area contributed by atoms with E-state index in [1.54, 1.807) is 12.0 Å². The van der Waals surface area contributed by atoms with Crippen LogP contribution in [0.4, 0.5) is 0 Å². The highest BCUT2D eigenvalue weighted by molar-refractivity contribution is 7.91. The summed E-state index contributed by atoms with van der Waals surface area (Å²) in [6, 6.07) is 8.17. The van der Waals surface area contributed by atoms with Gasteiger partial charge in [0, 0.05) is 26.1 Å². The molecule has 1 heterocycles. The molecule has 6 heteroatoms. The largest absolute Gasteiger partial charge is 0.383 e. The Morgan fingerprint density at radius 2 is 1.88 bits per heavy atom. The number of nitrogens with zero attached hydrogens (tertiary/aromatic N) is 1. The number of hydrogen-bond donors (Lipinski definition) is 0. The summed E-state index contributed by atoms with van der Waals surface area (Å²) in [5, 5.41) is 0. The van der Waals surface area contributed by atoms with Crippen LogP contribution in [0.5, 0.6) is 0 Å². The van der Waals surface area contributed by atoms with E-state index in [4.69, 9.17) is 4.74 Å². The summed E-state index contributed by atoms with van der Waals surface area (Å²) in [4.78, 5) is 14.4. The maximum Gasteiger partial charge on any atom is 0.223 e. The summed E-state index contributed by atoms with van der Waals surface area (Å²) in [6.07, 6.45) is 1.57. The fraction of sp³-hybridized carbons (Fsp3) is 0.650. The summed E-state index contributed by atoms with van der Waals surface area (Å²) < 4.78 is 28.6. The molecule has 0 aliphatic carbocycles. The molecule has 1 atom stereocenters. The van der Waals surface area contributed by atoms with Gasteiger partial charge in [0.2, 0.25) is 5.91 Å². The monoisotopic (exact) mass is 381 g/mol. The average Bonchev–Trinajstić information content (AvgIpc) is 2.92. The van der Waals surface area contributed by atoms with Gasteiger partial charge in [-0.25, -0.2) is 8.42 Å². The third kappa shape index (κ3) is 5.81. The molecule has 1 saturated heterocycles. The first-order chi connectivity index (χ1) is 12.1. The summed E-state index contributed by atoms with van der Waals surface area (Å²) in [7, 11) is -1.43. The van der Waals surface area contributed by atoms with E-state index in [1.165, 1.54) is 5.56 Å². The predicted molar refractivity (Wildman–Crippen MR) is 104 cm³/mol. The van der Waals surface area contributed by atoms with Gasteiger partial charge in [-0.3, -0.25) is 4.79 Å². The molecule has 5 nitrogen and oxygen atoms in total. The number of hydrogen-bond acceptors (Lipinski definition) is 4. The van der Waals surface area contributed by atoms with Gasteiger partial charge < -0.3 is 9.64 Å². The van der Waals surface area contributed by atoms with Crippen molar-refractivity contribution in [2.24, 2.45) is 0 Å². The molecule has 1 amide bonds. The van der Waals surface area contributed by atoms with E-state index in [2.05, 4.69) is 45.0 Å². The quantitative estimate of drug-likeness (QED) is 0.728. The highest BCUT2D eigenvalue weighted by Gasteiger charge is 2.34. The maximum atomic E-state index is 12.7. The molecule has 1 aliphatic rings. The minimum atomic E-state index is -3.02. The van der Waals surface area contributed by atoms with Crippen LogP contribution in [0.1, 0.15) is 44.7 Å². The zero-order valence-electron chi connectivity index (χ0n) is 16.3. The molecule has 1 aromatic rings. The van der Waals surface area contributed by atoms with Crippen molar-refractivity contribution in [1.82, 2.24) is 4.90 Å². The van der Waals surface area contributed by atoms with Gasteiger partial charge in [-0.2, -0.15) is 0 Å². The summed E-state index contributed by atoms with van der Waals surface area (Å²) in [5.74, 6) is 0.245. The molecule has 0 bridgehead atoms. The molecule has 1 fully saturated rings. The molecule has 1 aromatic carbocycles. The van der Waals surface area contributed by atoms with Crippen molar-refractivity contribution in [1.29, 1.82) is 0 Å². The van der Waals surface area contributed by atoms with E-state index >= 15 is 0 Å². The lowest BCUT2D eigenvalue weighted by molar-refractivity contribution is -0.133. The minimum absolute atomic E-state index is 0.00375.